The third kappa shape index (κ3) is 15.1. The summed E-state index contributed by atoms with van der Waals surface area (Å²) in [5.41, 5.74) is 16.6. The quantitative estimate of drug-likeness (QED) is 0.204. The predicted molar refractivity (Wildman–Crippen MR) is 101 cm³/mol. The van der Waals surface area contributed by atoms with Crippen LogP contribution in [0.2, 0.25) is 0 Å². The number of unbranched alkanes of at least 4 members (excludes halogenated alkanes) is 9. The van der Waals surface area contributed by atoms with E-state index in [-0.39, 0.29) is 4.65 Å². The molecule has 0 radical (unpaired) electrons. The van der Waals surface area contributed by atoms with Gasteiger partial charge in [-0.05, 0) is 77.4 Å². The Hall–Kier alpha value is -0.200. The molecule has 0 aromatic carbocycles. The molecule has 0 aromatic rings. The summed E-state index contributed by atoms with van der Waals surface area (Å²) >= 11 is 0. The summed E-state index contributed by atoms with van der Waals surface area (Å²) in [7, 11) is 0. The normalized spacial score (nSPS) is 12.0. The van der Waals surface area contributed by atoms with Gasteiger partial charge in [0.15, 0.2) is 0 Å². The highest BCUT2D eigenvalue weighted by Crippen LogP contribution is 2.15. The minimum absolute atomic E-state index is 0.00781. The molecule has 0 unspecified atom stereocenters. The summed E-state index contributed by atoms with van der Waals surface area (Å²) < 4.78 is 0.00781. The Bertz CT molecular complexity index is 203. The minimum Gasteiger partial charge on any atom is -0.633 e. The van der Waals surface area contributed by atoms with Gasteiger partial charge in [-0.2, -0.15) is 0 Å². The molecule has 23 heavy (non-hydrogen) atoms. The van der Waals surface area contributed by atoms with E-state index in [1.807, 2.05) is 0 Å². The van der Waals surface area contributed by atoms with Gasteiger partial charge in [-0.15, -0.1) is 0 Å². The van der Waals surface area contributed by atoms with Crippen molar-refractivity contribution in [2.24, 2.45) is 17.2 Å². The zero-order valence-electron chi connectivity index (χ0n) is 15.3. The zero-order chi connectivity index (χ0) is 17.2. The number of hydrogen-bond acceptors (Lipinski definition) is 4. The van der Waals surface area contributed by atoms with Crippen molar-refractivity contribution in [3.05, 3.63) is 5.21 Å². The summed E-state index contributed by atoms with van der Waals surface area (Å²) in [6, 6.07) is 0. The third-order valence-electron chi connectivity index (χ3n) is 4.56. The standard InChI is InChI=1S/C18H42N4O/c19-13-7-1-4-10-16-22(23,17-11-5-2-8-14-20)18-12-6-3-9-15-21/h1-21H2. The van der Waals surface area contributed by atoms with Gasteiger partial charge in [-0.25, -0.2) is 0 Å². The lowest BCUT2D eigenvalue weighted by molar-refractivity contribution is -0.881. The zero-order valence-corrected chi connectivity index (χ0v) is 15.3. The fourth-order valence-electron chi connectivity index (χ4n) is 3.03. The second-order valence-electron chi connectivity index (χ2n) is 6.84. The van der Waals surface area contributed by atoms with Crippen LogP contribution in [0.5, 0.6) is 0 Å². The van der Waals surface area contributed by atoms with E-state index >= 15 is 0 Å². The van der Waals surface area contributed by atoms with Crippen molar-refractivity contribution in [2.45, 2.75) is 77.0 Å². The molecule has 0 spiro atoms. The summed E-state index contributed by atoms with van der Waals surface area (Å²) in [5, 5.41) is 13.1. The first-order chi connectivity index (χ1) is 11.2. The summed E-state index contributed by atoms with van der Waals surface area (Å²) in [6.07, 6.45) is 13.2. The molecule has 5 nitrogen and oxygen atoms in total. The number of nitrogens with two attached hydrogens (primary N) is 3. The number of rotatable bonds is 18. The second kappa shape index (κ2) is 16.7. The highest BCUT2D eigenvalue weighted by Gasteiger charge is 2.15. The smallest absolute Gasteiger partial charge is 0.0783 e. The van der Waals surface area contributed by atoms with Gasteiger partial charge in [0.05, 0.1) is 19.6 Å². The van der Waals surface area contributed by atoms with Crippen molar-refractivity contribution in [3.8, 4) is 0 Å². The Morgan fingerprint density at radius 2 is 0.696 bits per heavy atom. The van der Waals surface area contributed by atoms with Gasteiger partial charge in [-0.1, -0.05) is 19.3 Å². The number of hydrogen-bond donors (Lipinski definition) is 3. The van der Waals surface area contributed by atoms with Gasteiger partial charge in [0.25, 0.3) is 0 Å². The van der Waals surface area contributed by atoms with E-state index in [2.05, 4.69) is 0 Å². The van der Waals surface area contributed by atoms with Crippen molar-refractivity contribution in [1.29, 1.82) is 0 Å². The van der Waals surface area contributed by atoms with Crippen LogP contribution < -0.4 is 17.2 Å². The van der Waals surface area contributed by atoms with Crippen LogP contribution in [0.4, 0.5) is 0 Å². The molecule has 0 atom stereocenters. The molecule has 0 rings (SSSR count). The van der Waals surface area contributed by atoms with Gasteiger partial charge >= 0.3 is 0 Å². The predicted octanol–water partition coefficient (Wildman–Crippen LogP) is 2.86. The molecular formula is C18H42N4O. The van der Waals surface area contributed by atoms with Crippen LogP contribution in [0.15, 0.2) is 0 Å². The van der Waals surface area contributed by atoms with Crippen molar-refractivity contribution >= 4 is 0 Å². The highest BCUT2D eigenvalue weighted by atomic mass is 16.5. The lowest BCUT2D eigenvalue weighted by Crippen LogP contribution is -2.44. The van der Waals surface area contributed by atoms with Gasteiger partial charge in [0.1, 0.15) is 0 Å². The molecule has 0 fully saturated rings. The highest BCUT2D eigenvalue weighted by molar-refractivity contribution is 4.53. The minimum atomic E-state index is 0.00781. The molecule has 0 heterocycles. The summed E-state index contributed by atoms with van der Waals surface area (Å²) in [5.74, 6) is 0. The maximum Gasteiger partial charge on any atom is 0.0783 e. The largest absolute Gasteiger partial charge is 0.633 e. The summed E-state index contributed by atoms with van der Waals surface area (Å²) in [6.45, 7) is 4.62. The SMILES string of the molecule is NCCCCCC[N+]([O-])(CCCCCCN)CCCCCCN. The first-order valence-electron chi connectivity index (χ1n) is 9.86. The Morgan fingerprint density at radius 3 is 0.957 bits per heavy atom. The molecule has 0 saturated heterocycles. The van der Waals surface area contributed by atoms with Crippen LogP contribution in [-0.4, -0.2) is 43.9 Å². The Morgan fingerprint density at radius 1 is 0.435 bits per heavy atom. The van der Waals surface area contributed by atoms with Crippen molar-refractivity contribution in [2.75, 3.05) is 39.3 Å². The Balaban J connectivity index is 4.00. The molecule has 0 aliphatic carbocycles. The average Bonchev–Trinajstić information content (AvgIpc) is 2.54. The van der Waals surface area contributed by atoms with Gasteiger partial charge < -0.3 is 27.1 Å². The van der Waals surface area contributed by atoms with Crippen molar-refractivity contribution in [1.82, 2.24) is 0 Å². The van der Waals surface area contributed by atoms with E-state index in [0.717, 1.165) is 116 Å². The van der Waals surface area contributed by atoms with Crippen molar-refractivity contribution < 1.29 is 4.65 Å². The van der Waals surface area contributed by atoms with E-state index in [9.17, 15) is 5.21 Å². The molecule has 0 aliphatic rings. The Labute approximate surface area is 144 Å². The Kier molecular flexibility index (Phi) is 16.5. The second-order valence-corrected chi connectivity index (χ2v) is 6.84. The van der Waals surface area contributed by atoms with Gasteiger partial charge in [-0.3, -0.25) is 0 Å². The molecule has 0 amide bonds. The maximum absolute atomic E-state index is 13.1. The average molecular weight is 331 g/mol. The lowest BCUT2D eigenvalue weighted by atomic mass is 10.1. The molecule has 140 valence electrons. The molecule has 0 aromatic heterocycles. The topological polar surface area (TPSA) is 101 Å². The van der Waals surface area contributed by atoms with E-state index < -0.39 is 0 Å². The first kappa shape index (κ1) is 22.8. The fourth-order valence-corrected chi connectivity index (χ4v) is 3.03. The van der Waals surface area contributed by atoms with Gasteiger partial charge in [0, 0.05) is 0 Å². The van der Waals surface area contributed by atoms with Crippen molar-refractivity contribution in [3.63, 3.8) is 0 Å². The molecule has 0 saturated carbocycles. The molecule has 6 N–H and O–H groups in total. The van der Waals surface area contributed by atoms with E-state index in [0.29, 0.717) is 0 Å². The van der Waals surface area contributed by atoms with E-state index in [1.54, 1.807) is 0 Å². The first-order valence-corrected chi connectivity index (χ1v) is 9.86. The molecule has 5 heteroatoms. The lowest BCUT2D eigenvalue weighted by Gasteiger charge is -2.43. The summed E-state index contributed by atoms with van der Waals surface area (Å²) in [4.78, 5) is 0. The van der Waals surface area contributed by atoms with Crippen LogP contribution in [0.3, 0.4) is 0 Å². The molecule has 0 aliphatic heterocycles. The van der Waals surface area contributed by atoms with E-state index in [1.165, 1.54) is 0 Å². The molecular weight excluding hydrogens is 288 g/mol. The molecule has 0 bridgehead atoms. The maximum atomic E-state index is 13.1. The number of hydroxylamine groups is 3. The van der Waals surface area contributed by atoms with Crippen LogP contribution >= 0.6 is 0 Å². The van der Waals surface area contributed by atoms with Crippen LogP contribution in [0.25, 0.3) is 0 Å². The number of quaternary nitrogens is 1. The number of nitrogens with zero attached hydrogens (tertiary/aromatic N) is 1. The van der Waals surface area contributed by atoms with Crippen LogP contribution in [0.1, 0.15) is 77.0 Å². The third-order valence-corrected chi connectivity index (χ3v) is 4.56. The van der Waals surface area contributed by atoms with Gasteiger partial charge in [0.2, 0.25) is 0 Å². The van der Waals surface area contributed by atoms with Crippen LogP contribution in [0, 0.1) is 5.21 Å². The fraction of sp³-hybridized carbons (Fsp3) is 1.00. The van der Waals surface area contributed by atoms with E-state index in [4.69, 9.17) is 17.2 Å². The van der Waals surface area contributed by atoms with Crippen LogP contribution in [-0.2, 0) is 0 Å². The monoisotopic (exact) mass is 330 g/mol.